The third-order valence-corrected chi connectivity index (χ3v) is 13.2. The van der Waals surface area contributed by atoms with Crippen LogP contribution in [0, 0.1) is 34.5 Å². The van der Waals surface area contributed by atoms with Crippen molar-refractivity contribution in [2.24, 2.45) is 34.5 Å². The quantitative estimate of drug-likeness (QED) is 0.151. The van der Waals surface area contributed by atoms with Crippen molar-refractivity contribution in [2.75, 3.05) is 13.2 Å². The molecule has 13 nitrogen and oxygen atoms in total. The second-order valence-corrected chi connectivity index (χ2v) is 15.5. The van der Waals surface area contributed by atoms with E-state index >= 15 is 4.39 Å². The van der Waals surface area contributed by atoms with Crippen LogP contribution in [-0.2, 0) is 19.1 Å². The Hall–Kier alpha value is -1.69. The normalized spacial score (nSPS) is 53.7. The average molecular weight is 685 g/mol. The van der Waals surface area contributed by atoms with Crippen molar-refractivity contribution in [1.29, 1.82) is 0 Å². The van der Waals surface area contributed by atoms with Gasteiger partial charge in [-0.05, 0) is 67.6 Å². The third kappa shape index (κ3) is 4.97. The molecule has 0 spiro atoms. The molecule has 9 N–H and O–H groups in total. The average Bonchev–Trinajstić information content (AvgIpc) is 3.30. The number of hydrogen-bond donors (Lipinski definition) is 9. The van der Waals surface area contributed by atoms with E-state index < -0.39 is 120 Å². The molecule has 2 aliphatic heterocycles. The Labute approximate surface area is 277 Å². The first-order chi connectivity index (χ1) is 22.5. The van der Waals surface area contributed by atoms with Gasteiger partial charge in [-0.3, -0.25) is 9.59 Å². The summed E-state index contributed by atoms with van der Waals surface area (Å²) < 4.78 is 29.9. The molecule has 48 heavy (non-hydrogen) atoms. The number of aliphatic hydroxyl groups excluding tert-OH is 9. The highest BCUT2D eigenvalue weighted by molar-refractivity contribution is 6.02. The first kappa shape index (κ1) is 36.1. The number of allylic oxidation sites excluding steroid dienone is 3. The molecule has 0 amide bonds. The smallest absolute Gasteiger partial charge is 0.178 e. The van der Waals surface area contributed by atoms with Gasteiger partial charge in [-0.25, -0.2) is 4.39 Å². The highest BCUT2D eigenvalue weighted by Crippen LogP contribution is 2.71. The molecular weight excluding hydrogens is 635 g/mol. The zero-order valence-electron chi connectivity index (χ0n) is 27.3. The number of carbonyl (C=O) groups excluding carboxylic acids is 2. The van der Waals surface area contributed by atoms with Crippen LogP contribution in [0.25, 0.3) is 0 Å². The summed E-state index contributed by atoms with van der Waals surface area (Å²) in [6.45, 7) is 3.93. The van der Waals surface area contributed by atoms with Crippen molar-refractivity contribution < 1.29 is 69.4 Å². The number of carbonyl (C=O) groups is 2. The molecule has 2 saturated heterocycles. The summed E-state index contributed by atoms with van der Waals surface area (Å²) in [7, 11) is 0. The number of halogens is 1. The van der Waals surface area contributed by atoms with Crippen LogP contribution in [0.3, 0.4) is 0 Å². The van der Waals surface area contributed by atoms with E-state index in [2.05, 4.69) is 0 Å². The maximum atomic E-state index is 18.4. The van der Waals surface area contributed by atoms with E-state index in [-0.39, 0.29) is 43.0 Å². The summed E-state index contributed by atoms with van der Waals surface area (Å²) in [5, 5.41) is 94.6. The van der Waals surface area contributed by atoms with E-state index in [1.54, 1.807) is 6.92 Å². The van der Waals surface area contributed by atoms with Crippen molar-refractivity contribution in [3.05, 3.63) is 23.3 Å². The largest absolute Gasteiger partial charge is 0.394 e. The summed E-state index contributed by atoms with van der Waals surface area (Å²) in [5.41, 5.74) is -4.62. The molecule has 3 saturated carbocycles. The van der Waals surface area contributed by atoms with Gasteiger partial charge in [0.15, 0.2) is 11.5 Å². The maximum absolute atomic E-state index is 18.4. The Balaban J connectivity index is 1.33. The highest BCUT2D eigenvalue weighted by Gasteiger charge is 2.74. The minimum absolute atomic E-state index is 0.00181. The van der Waals surface area contributed by atoms with Crippen molar-refractivity contribution in [2.45, 2.75) is 126 Å². The van der Waals surface area contributed by atoms with E-state index in [0.717, 1.165) is 6.08 Å². The lowest BCUT2D eigenvalue weighted by atomic mass is 9.43. The summed E-state index contributed by atoms with van der Waals surface area (Å²) in [4.78, 5) is 27.0. The van der Waals surface area contributed by atoms with Crippen LogP contribution in [-0.4, -0.2) is 144 Å². The van der Waals surface area contributed by atoms with Gasteiger partial charge in [-0.15, -0.1) is 0 Å². The van der Waals surface area contributed by atoms with Crippen LogP contribution in [0.2, 0.25) is 0 Å². The Kier molecular flexibility index (Phi) is 9.42. The van der Waals surface area contributed by atoms with Gasteiger partial charge in [-0.1, -0.05) is 19.4 Å². The number of alkyl halides is 1. The van der Waals surface area contributed by atoms with Crippen LogP contribution in [0.5, 0.6) is 0 Å². The Morgan fingerprint density at radius 1 is 0.854 bits per heavy atom. The van der Waals surface area contributed by atoms with E-state index in [0.29, 0.717) is 12.0 Å². The molecule has 0 aromatic heterocycles. The van der Waals surface area contributed by atoms with Gasteiger partial charge in [0.2, 0.25) is 0 Å². The van der Waals surface area contributed by atoms with Gasteiger partial charge >= 0.3 is 0 Å². The Morgan fingerprint density at radius 3 is 2.06 bits per heavy atom. The molecule has 6 aliphatic rings. The van der Waals surface area contributed by atoms with Gasteiger partial charge in [0, 0.05) is 23.7 Å². The topological polar surface area (TPSA) is 235 Å². The molecule has 14 heteroatoms. The first-order valence-electron chi connectivity index (χ1n) is 16.9. The number of Topliss-reactive ketones (excluding diaryl/α,β-unsaturated/α-hetero) is 1. The first-order valence-corrected chi connectivity index (χ1v) is 16.9. The number of ether oxygens (including phenoxy) is 2. The molecule has 5 fully saturated rings. The molecule has 18 atom stereocenters. The summed E-state index contributed by atoms with van der Waals surface area (Å²) in [5.74, 6) is -3.00. The fourth-order valence-corrected chi connectivity index (χ4v) is 10.8. The summed E-state index contributed by atoms with van der Waals surface area (Å²) in [6, 6.07) is 0. The fourth-order valence-electron chi connectivity index (χ4n) is 10.8. The fraction of sp³-hybridized carbons (Fsp3) is 0.824. The minimum Gasteiger partial charge on any atom is -0.394 e. The van der Waals surface area contributed by atoms with Crippen molar-refractivity contribution >= 4 is 11.6 Å². The molecule has 6 rings (SSSR count). The number of aliphatic hydroxyl groups is 9. The van der Waals surface area contributed by atoms with E-state index in [1.165, 1.54) is 6.08 Å². The zero-order valence-corrected chi connectivity index (χ0v) is 27.3. The van der Waals surface area contributed by atoms with Gasteiger partial charge in [0.05, 0.1) is 25.4 Å². The van der Waals surface area contributed by atoms with Gasteiger partial charge in [0.25, 0.3) is 0 Å². The second kappa shape index (κ2) is 12.5. The SMILES string of the molecule is CC1C[C@H]2[C@@H]3CCC4=CC(=O)C=C([C@@H]5O[C@H](CO)[C@H](O)[C@H](O)[C@H]5O)[C@]4(C)[C@@]3(F)C(O)C[C@]2(C)[C@H]1C(=O)C[C@@H]1O[C@H](CO)[C@H](O)[C@H](O)[C@H]1O. The van der Waals surface area contributed by atoms with E-state index in [4.69, 9.17) is 9.47 Å². The van der Waals surface area contributed by atoms with Crippen LogP contribution >= 0.6 is 0 Å². The lowest BCUT2D eigenvalue weighted by Gasteiger charge is -2.64. The van der Waals surface area contributed by atoms with Crippen molar-refractivity contribution in [3.8, 4) is 0 Å². The highest BCUT2D eigenvalue weighted by atomic mass is 19.1. The number of hydrogen-bond acceptors (Lipinski definition) is 13. The van der Waals surface area contributed by atoms with Crippen LogP contribution in [0.15, 0.2) is 23.3 Å². The maximum Gasteiger partial charge on any atom is 0.178 e. The monoisotopic (exact) mass is 684 g/mol. The van der Waals surface area contributed by atoms with E-state index in [1.807, 2.05) is 13.8 Å². The molecule has 0 aromatic rings. The summed E-state index contributed by atoms with van der Waals surface area (Å²) >= 11 is 0. The van der Waals surface area contributed by atoms with Gasteiger partial charge in [-0.2, -0.15) is 0 Å². The van der Waals surface area contributed by atoms with Crippen molar-refractivity contribution in [1.82, 2.24) is 0 Å². The zero-order chi connectivity index (χ0) is 35.2. The molecule has 2 heterocycles. The predicted molar refractivity (Wildman–Crippen MR) is 162 cm³/mol. The molecule has 0 bridgehead atoms. The standard InChI is InChI=1S/C34H49FO13/c1-13-6-17-16-5-4-14-7-15(38)8-18(31-30(46)29(45)27(43)22(12-37)48-31)33(14,3)34(16,35)23(40)10-32(17,2)24(13)19(39)9-20-25(41)28(44)26(42)21(11-36)47-20/h7-8,13,16-17,20-31,36-37,40-46H,4-6,9-12H2,1-3H3/t13?,16-,17-,20-,21+,22+,23?,24+,25-,26-,27-,28+,29-,30+,31-,32-,33+,34-/m0/s1. The molecule has 270 valence electrons. The number of fused-ring (bicyclic) bond motifs is 5. The molecule has 4 aliphatic carbocycles. The molecular formula is C34H49FO13. The number of rotatable bonds is 6. The van der Waals surface area contributed by atoms with Crippen LogP contribution < -0.4 is 0 Å². The van der Waals surface area contributed by atoms with Gasteiger partial charge in [0.1, 0.15) is 60.7 Å². The molecule has 2 unspecified atom stereocenters. The third-order valence-electron chi connectivity index (χ3n) is 13.2. The lowest BCUT2D eigenvalue weighted by Crippen LogP contribution is -2.70. The predicted octanol–water partition coefficient (Wildman–Crippen LogP) is -1.77. The molecule has 0 aromatic carbocycles. The van der Waals surface area contributed by atoms with Crippen LogP contribution in [0.4, 0.5) is 4.39 Å². The summed E-state index contributed by atoms with van der Waals surface area (Å²) in [6.07, 6.45) is -13.9. The Morgan fingerprint density at radius 2 is 1.44 bits per heavy atom. The van der Waals surface area contributed by atoms with Crippen molar-refractivity contribution in [3.63, 3.8) is 0 Å². The van der Waals surface area contributed by atoms with E-state index in [9.17, 15) is 55.5 Å². The van der Waals surface area contributed by atoms with Crippen LogP contribution in [0.1, 0.15) is 52.9 Å². The number of ketones is 2. The minimum atomic E-state index is -2.42. The van der Waals surface area contributed by atoms with Gasteiger partial charge < -0.3 is 55.4 Å². The lowest BCUT2D eigenvalue weighted by molar-refractivity contribution is -0.234. The Bertz CT molecular complexity index is 1350. The second-order valence-electron chi connectivity index (χ2n) is 15.5. The molecule has 0 radical (unpaired) electrons.